The van der Waals surface area contributed by atoms with E-state index >= 15 is 0 Å². The van der Waals surface area contributed by atoms with Crippen molar-refractivity contribution in [1.29, 1.82) is 0 Å². The zero-order valence-electron chi connectivity index (χ0n) is 12.6. The first-order valence-electron chi connectivity index (χ1n) is 7.31. The van der Waals surface area contributed by atoms with Crippen LogP contribution in [-0.2, 0) is 0 Å². The maximum absolute atomic E-state index is 2.64. The Bertz CT molecular complexity index is 197. The van der Waals surface area contributed by atoms with Gasteiger partial charge < -0.3 is 9.80 Å². The smallest absolute Gasteiger partial charge is 0.0110 e. The molecule has 1 saturated heterocycles. The fourth-order valence-electron chi connectivity index (χ4n) is 2.56. The van der Waals surface area contributed by atoms with Gasteiger partial charge in [0, 0.05) is 32.7 Å². The summed E-state index contributed by atoms with van der Waals surface area (Å²) in [6.07, 6.45) is 2.75. The monoisotopic (exact) mass is 240 g/mol. The van der Waals surface area contributed by atoms with Gasteiger partial charge in [-0.25, -0.2) is 0 Å². The average Bonchev–Trinajstić information content (AvgIpc) is 2.18. The van der Waals surface area contributed by atoms with Crippen LogP contribution in [0.25, 0.3) is 0 Å². The lowest BCUT2D eigenvalue weighted by Crippen LogP contribution is -2.48. The highest BCUT2D eigenvalue weighted by Gasteiger charge is 2.21. The minimum Gasteiger partial charge on any atom is -0.301 e. The van der Waals surface area contributed by atoms with Gasteiger partial charge in [-0.15, -0.1) is 0 Å². The summed E-state index contributed by atoms with van der Waals surface area (Å²) in [6.45, 7) is 19.3. The van der Waals surface area contributed by atoms with Crippen molar-refractivity contribution >= 4 is 0 Å². The van der Waals surface area contributed by atoms with Crippen LogP contribution in [0.4, 0.5) is 0 Å². The molecule has 0 aliphatic carbocycles. The molecule has 0 amide bonds. The standard InChI is InChI=1S/C15H32N2/c1-14(2)7-6-8-16-9-11-17(12-10-16)13-15(3,4)5/h14H,6-13H2,1-5H3. The SMILES string of the molecule is CC(C)CCCN1CCN(CC(C)(C)C)CC1. The minimum absolute atomic E-state index is 0.444. The summed E-state index contributed by atoms with van der Waals surface area (Å²) < 4.78 is 0. The largest absolute Gasteiger partial charge is 0.301 e. The van der Waals surface area contributed by atoms with Crippen molar-refractivity contribution in [3.8, 4) is 0 Å². The van der Waals surface area contributed by atoms with Crippen LogP contribution in [0.15, 0.2) is 0 Å². The molecule has 2 heteroatoms. The lowest BCUT2D eigenvalue weighted by Gasteiger charge is -2.37. The van der Waals surface area contributed by atoms with Gasteiger partial charge >= 0.3 is 0 Å². The van der Waals surface area contributed by atoms with Crippen molar-refractivity contribution in [3.63, 3.8) is 0 Å². The first-order chi connectivity index (χ1) is 7.87. The molecule has 1 rings (SSSR count). The molecule has 0 spiro atoms. The van der Waals surface area contributed by atoms with E-state index in [2.05, 4.69) is 44.4 Å². The van der Waals surface area contributed by atoms with Crippen molar-refractivity contribution in [2.45, 2.75) is 47.5 Å². The first-order valence-corrected chi connectivity index (χ1v) is 7.31. The Hall–Kier alpha value is -0.0800. The summed E-state index contributed by atoms with van der Waals surface area (Å²) in [5, 5.41) is 0. The van der Waals surface area contributed by atoms with Gasteiger partial charge in [0.05, 0.1) is 0 Å². The highest BCUT2D eigenvalue weighted by molar-refractivity contribution is 4.76. The fraction of sp³-hybridized carbons (Fsp3) is 1.00. The molecule has 0 aromatic rings. The Balaban J connectivity index is 2.13. The molecule has 0 aromatic carbocycles. The molecule has 0 N–H and O–H groups in total. The third kappa shape index (κ3) is 7.05. The number of hydrogen-bond acceptors (Lipinski definition) is 2. The lowest BCUT2D eigenvalue weighted by molar-refractivity contribution is 0.101. The third-order valence-corrected chi connectivity index (χ3v) is 3.42. The molecule has 17 heavy (non-hydrogen) atoms. The number of piperazine rings is 1. The van der Waals surface area contributed by atoms with Crippen molar-refractivity contribution < 1.29 is 0 Å². The maximum atomic E-state index is 2.64. The topological polar surface area (TPSA) is 6.48 Å². The van der Waals surface area contributed by atoms with E-state index in [1.807, 2.05) is 0 Å². The molecule has 2 nitrogen and oxygen atoms in total. The number of nitrogens with zero attached hydrogens (tertiary/aromatic N) is 2. The van der Waals surface area contributed by atoms with Gasteiger partial charge in [-0.1, -0.05) is 34.6 Å². The van der Waals surface area contributed by atoms with E-state index in [0.717, 1.165) is 5.92 Å². The van der Waals surface area contributed by atoms with E-state index in [4.69, 9.17) is 0 Å². The predicted octanol–water partition coefficient (Wildman–Crippen LogP) is 3.09. The molecule has 0 aromatic heterocycles. The second kappa shape index (κ2) is 6.75. The Morgan fingerprint density at radius 1 is 0.941 bits per heavy atom. The van der Waals surface area contributed by atoms with Crippen LogP contribution < -0.4 is 0 Å². The van der Waals surface area contributed by atoms with E-state index in [0.29, 0.717) is 5.41 Å². The molecular formula is C15H32N2. The first kappa shape index (κ1) is 15.0. The third-order valence-electron chi connectivity index (χ3n) is 3.42. The summed E-state index contributed by atoms with van der Waals surface area (Å²) in [5.74, 6) is 0.858. The molecule has 1 fully saturated rings. The van der Waals surface area contributed by atoms with Gasteiger partial charge in [-0.05, 0) is 30.7 Å². The van der Waals surface area contributed by atoms with Crippen molar-refractivity contribution in [3.05, 3.63) is 0 Å². The van der Waals surface area contributed by atoms with E-state index in [1.165, 1.54) is 52.1 Å². The number of rotatable bonds is 5. The van der Waals surface area contributed by atoms with Crippen LogP contribution in [0, 0.1) is 11.3 Å². The van der Waals surface area contributed by atoms with E-state index in [1.54, 1.807) is 0 Å². The minimum atomic E-state index is 0.444. The van der Waals surface area contributed by atoms with Gasteiger partial charge in [-0.3, -0.25) is 0 Å². The Morgan fingerprint density at radius 3 is 1.94 bits per heavy atom. The van der Waals surface area contributed by atoms with Crippen LogP contribution in [-0.4, -0.2) is 49.1 Å². The second-order valence-electron chi connectivity index (χ2n) is 7.21. The molecule has 0 unspecified atom stereocenters. The summed E-state index contributed by atoms with van der Waals surface area (Å²) >= 11 is 0. The second-order valence-corrected chi connectivity index (χ2v) is 7.21. The van der Waals surface area contributed by atoms with Crippen LogP contribution >= 0.6 is 0 Å². The summed E-state index contributed by atoms with van der Waals surface area (Å²) in [6, 6.07) is 0. The predicted molar refractivity (Wildman–Crippen MR) is 76.4 cm³/mol. The van der Waals surface area contributed by atoms with Crippen molar-refractivity contribution in [2.75, 3.05) is 39.3 Å². The maximum Gasteiger partial charge on any atom is 0.0110 e. The van der Waals surface area contributed by atoms with Crippen molar-refractivity contribution in [1.82, 2.24) is 9.80 Å². The van der Waals surface area contributed by atoms with Crippen LogP contribution in [0.2, 0.25) is 0 Å². The van der Waals surface area contributed by atoms with Crippen LogP contribution in [0.1, 0.15) is 47.5 Å². The molecule has 0 bridgehead atoms. The van der Waals surface area contributed by atoms with Gasteiger partial charge in [0.25, 0.3) is 0 Å². The molecule has 1 aliphatic rings. The fourth-order valence-corrected chi connectivity index (χ4v) is 2.56. The Labute approximate surface area is 108 Å². The molecule has 0 saturated carbocycles. The van der Waals surface area contributed by atoms with E-state index in [9.17, 15) is 0 Å². The zero-order chi connectivity index (χ0) is 12.9. The number of hydrogen-bond donors (Lipinski definition) is 0. The Morgan fingerprint density at radius 2 is 1.47 bits per heavy atom. The van der Waals surface area contributed by atoms with E-state index < -0.39 is 0 Å². The van der Waals surface area contributed by atoms with Gasteiger partial charge in [0.15, 0.2) is 0 Å². The molecule has 0 atom stereocenters. The molecule has 1 aliphatic heterocycles. The Kier molecular flexibility index (Phi) is 5.94. The quantitative estimate of drug-likeness (QED) is 0.728. The molecule has 102 valence electrons. The van der Waals surface area contributed by atoms with Crippen molar-refractivity contribution in [2.24, 2.45) is 11.3 Å². The highest BCUT2D eigenvalue weighted by Crippen LogP contribution is 2.16. The van der Waals surface area contributed by atoms with Crippen LogP contribution in [0.3, 0.4) is 0 Å². The summed E-state index contributed by atoms with van der Waals surface area (Å²) in [4.78, 5) is 5.26. The van der Waals surface area contributed by atoms with E-state index in [-0.39, 0.29) is 0 Å². The highest BCUT2D eigenvalue weighted by atomic mass is 15.3. The molecule has 0 radical (unpaired) electrons. The lowest BCUT2D eigenvalue weighted by atomic mass is 9.96. The average molecular weight is 240 g/mol. The zero-order valence-corrected chi connectivity index (χ0v) is 12.6. The van der Waals surface area contributed by atoms with Gasteiger partial charge in [0.1, 0.15) is 0 Å². The van der Waals surface area contributed by atoms with Gasteiger partial charge in [-0.2, -0.15) is 0 Å². The van der Waals surface area contributed by atoms with Gasteiger partial charge in [0.2, 0.25) is 0 Å². The summed E-state index contributed by atoms with van der Waals surface area (Å²) in [5.41, 5.74) is 0.444. The normalized spacial score (nSPS) is 20.1. The molecule has 1 heterocycles. The molecular weight excluding hydrogens is 208 g/mol. The van der Waals surface area contributed by atoms with Crippen LogP contribution in [0.5, 0.6) is 0 Å². The summed E-state index contributed by atoms with van der Waals surface area (Å²) in [7, 11) is 0.